The fourth-order valence-corrected chi connectivity index (χ4v) is 4.19. The van der Waals surface area contributed by atoms with Gasteiger partial charge in [-0.3, -0.25) is 9.36 Å². The molecule has 10 heteroatoms. The summed E-state index contributed by atoms with van der Waals surface area (Å²) in [6.45, 7) is 7.77. The highest BCUT2D eigenvalue weighted by molar-refractivity contribution is 7.91. The first-order valence-corrected chi connectivity index (χ1v) is 12.3. The van der Waals surface area contributed by atoms with Crippen molar-refractivity contribution < 1.29 is 8.42 Å². The number of pyridine rings is 2. The van der Waals surface area contributed by atoms with Gasteiger partial charge in [0.15, 0.2) is 26.3 Å². The first-order valence-electron chi connectivity index (χ1n) is 10.2. The second-order valence-corrected chi connectivity index (χ2v) is 9.87. The number of rotatable bonds is 8. The maximum atomic E-state index is 13.2. The molecule has 3 rings (SSSR count). The third kappa shape index (κ3) is 4.72. The smallest absolute Gasteiger partial charge is 0.295 e. The van der Waals surface area contributed by atoms with E-state index >= 15 is 0 Å². The number of nitrogens with zero attached hydrogens (tertiary/aromatic N) is 4. The molecule has 0 fully saturated rings. The highest BCUT2D eigenvalue weighted by Gasteiger charge is 2.18. The van der Waals surface area contributed by atoms with Crippen molar-refractivity contribution in [1.82, 2.24) is 19.5 Å². The summed E-state index contributed by atoms with van der Waals surface area (Å²) in [5, 5.41) is 3.49. The lowest BCUT2D eigenvalue weighted by Crippen LogP contribution is -2.28. The summed E-state index contributed by atoms with van der Waals surface area (Å²) in [4.78, 5) is 26.1. The zero-order valence-corrected chi connectivity index (χ0v) is 19.6. The molecule has 3 aromatic heterocycles. The lowest BCUT2D eigenvalue weighted by molar-refractivity contribution is 0.527. The largest absolute Gasteiger partial charge is 0.361 e. The van der Waals surface area contributed by atoms with Gasteiger partial charge in [-0.25, -0.2) is 23.4 Å². The van der Waals surface area contributed by atoms with Gasteiger partial charge in [0, 0.05) is 18.8 Å². The Hall–Kier alpha value is -2.52. The van der Waals surface area contributed by atoms with Crippen LogP contribution in [0.15, 0.2) is 34.2 Å². The van der Waals surface area contributed by atoms with Gasteiger partial charge >= 0.3 is 0 Å². The Kier molecular flexibility index (Phi) is 6.96. The van der Waals surface area contributed by atoms with E-state index in [0.717, 1.165) is 17.5 Å². The summed E-state index contributed by atoms with van der Waals surface area (Å²) in [5.74, 6) is 0.190. The highest BCUT2D eigenvalue weighted by Crippen LogP contribution is 2.23. The Morgan fingerprint density at radius 3 is 2.52 bits per heavy atom. The van der Waals surface area contributed by atoms with E-state index in [-0.39, 0.29) is 34.7 Å². The second kappa shape index (κ2) is 9.32. The lowest BCUT2D eigenvalue weighted by Gasteiger charge is -2.18. The maximum absolute atomic E-state index is 13.2. The van der Waals surface area contributed by atoms with E-state index in [2.05, 4.69) is 20.3 Å². The molecule has 1 N–H and O–H groups in total. The number of sulfone groups is 1. The Morgan fingerprint density at radius 1 is 1.19 bits per heavy atom. The average Bonchev–Trinajstić information content (AvgIpc) is 2.77. The summed E-state index contributed by atoms with van der Waals surface area (Å²) < 4.78 is 25.5. The molecule has 31 heavy (non-hydrogen) atoms. The number of halogens is 1. The van der Waals surface area contributed by atoms with Crippen LogP contribution < -0.4 is 10.9 Å². The van der Waals surface area contributed by atoms with Gasteiger partial charge in [-0.1, -0.05) is 38.4 Å². The van der Waals surface area contributed by atoms with E-state index in [1.165, 1.54) is 12.3 Å². The summed E-state index contributed by atoms with van der Waals surface area (Å²) in [6.07, 6.45) is 2.93. The Bertz CT molecular complexity index is 1260. The van der Waals surface area contributed by atoms with Crippen molar-refractivity contribution in [2.24, 2.45) is 0 Å². The molecule has 1 unspecified atom stereocenters. The molecule has 166 valence electrons. The van der Waals surface area contributed by atoms with Gasteiger partial charge in [0.2, 0.25) is 0 Å². The fraction of sp³-hybridized carbons (Fsp3) is 0.429. The van der Waals surface area contributed by atoms with Crippen molar-refractivity contribution in [1.29, 1.82) is 0 Å². The molecular formula is C21H26ClN5O3S. The van der Waals surface area contributed by atoms with Crippen molar-refractivity contribution in [3.8, 4) is 0 Å². The molecule has 0 saturated carbocycles. The highest BCUT2D eigenvalue weighted by atomic mass is 35.5. The molecule has 8 nitrogen and oxygen atoms in total. The molecule has 3 aromatic rings. The first kappa shape index (κ1) is 23.1. The molecule has 0 amide bonds. The SMILES string of the molecule is CCc1cc2nc(NCc3ccc(S(=O)(=O)CC)nc3)c(=O)n(C(C)CC)c2nc1Cl. The molecule has 0 aromatic carbocycles. The van der Waals surface area contributed by atoms with E-state index in [9.17, 15) is 13.2 Å². The monoisotopic (exact) mass is 463 g/mol. The van der Waals surface area contributed by atoms with E-state index in [1.54, 1.807) is 17.6 Å². The summed E-state index contributed by atoms with van der Waals surface area (Å²) >= 11 is 6.29. The first-order chi connectivity index (χ1) is 14.7. The number of fused-ring (bicyclic) bond motifs is 1. The predicted octanol–water partition coefficient (Wildman–Crippen LogP) is 3.78. The second-order valence-electron chi connectivity index (χ2n) is 7.29. The normalized spacial score (nSPS) is 12.8. The molecule has 0 aliphatic heterocycles. The Morgan fingerprint density at radius 2 is 1.94 bits per heavy atom. The summed E-state index contributed by atoms with van der Waals surface area (Å²) in [7, 11) is -3.36. The van der Waals surface area contributed by atoms with Crippen LogP contribution in [0.3, 0.4) is 0 Å². The number of hydrogen-bond acceptors (Lipinski definition) is 7. The molecule has 1 atom stereocenters. The summed E-state index contributed by atoms with van der Waals surface area (Å²) in [5.41, 5.74) is 2.36. The number of nitrogens with one attached hydrogen (secondary N) is 1. The maximum Gasteiger partial charge on any atom is 0.295 e. The fourth-order valence-electron chi connectivity index (χ4n) is 3.14. The molecule has 0 radical (unpaired) electrons. The van der Waals surface area contributed by atoms with Crippen molar-refractivity contribution in [2.45, 2.75) is 58.1 Å². The van der Waals surface area contributed by atoms with Gasteiger partial charge in [0.25, 0.3) is 5.56 Å². The number of anilines is 1. The van der Waals surface area contributed by atoms with Gasteiger partial charge in [0.05, 0.1) is 5.75 Å². The van der Waals surface area contributed by atoms with Crippen molar-refractivity contribution in [3.63, 3.8) is 0 Å². The molecule has 3 heterocycles. The van der Waals surface area contributed by atoms with Gasteiger partial charge in [0.1, 0.15) is 10.7 Å². The molecule has 0 spiro atoms. The average molecular weight is 464 g/mol. The third-order valence-corrected chi connectivity index (χ3v) is 7.23. The van der Waals surface area contributed by atoms with Crippen LogP contribution in [0.4, 0.5) is 5.82 Å². The zero-order valence-electron chi connectivity index (χ0n) is 18.0. The minimum absolute atomic E-state index is 0.00837. The van der Waals surface area contributed by atoms with Gasteiger partial charge in [-0.2, -0.15) is 0 Å². The molecule has 0 saturated heterocycles. The van der Waals surface area contributed by atoms with Gasteiger partial charge in [-0.15, -0.1) is 0 Å². The quantitative estimate of drug-likeness (QED) is 0.506. The molecule has 0 bridgehead atoms. The zero-order chi connectivity index (χ0) is 22.8. The van der Waals surface area contributed by atoms with Crippen LogP contribution in [-0.4, -0.2) is 33.7 Å². The molecular weight excluding hydrogens is 438 g/mol. The lowest BCUT2D eigenvalue weighted by atomic mass is 10.2. The van der Waals surface area contributed by atoms with E-state index in [0.29, 0.717) is 22.7 Å². The Balaban J connectivity index is 1.99. The van der Waals surface area contributed by atoms with Crippen LogP contribution in [0.2, 0.25) is 5.15 Å². The van der Waals surface area contributed by atoms with Crippen molar-refractivity contribution in [2.75, 3.05) is 11.1 Å². The topological polar surface area (TPSA) is 107 Å². The van der Waals surface area contributed by atoms with E-state index in [4.69, 9.17) is 11.6 Å². The standard InChI is InChI=1S/C21H26ClN5O3S/c1-5-13(4)27-20-16(10-15(6-2)18(22)26-20)25-19(21(27)28)24-12-14-8-9-17(23-11-14)31(29,30)7-3/h8-11,13H,5-7,12H2,1-4H3,(H,24,25). The molecule has 0 aliphatic carbocycles. The number of aryl methyl sites for hydroxylation is 1. The van der Waals surface area contributed by atoms with Crippen molar-refractivity contribution >= 4 is 38.4 Å². The number of aromatic nitrogens is 4. The predicted molar refractivity (Wildman–Crippen MR) is 122 cm³/mol. The van der Waals surface area contributed by atoms with Crippen LogP contribution >= 0.6 is 11.6 Å². The van der Waals surface area contributed by atoms with Crippen LogP contribution in [0.1, 0.15) is 51.3 Å². The van der Waals surface area contributed by atoms with Crippen molar-refractivity contribution in [3.05, 3.63) is 51.0 Å². The van der Waals surface area contributed by atoms with E-state index < -0.39 is 9.84 Å². The molecule has 0 aliphatic rings. The van der Waals surface area contributed by atoms with Crippen LogP contribution in [-0.2, 0) is 22.8 Å². The number of hydrogen-bond donors (Lipinski definition) is 1. The Labute approximate surface area is 186 Å². The minimum Gasteiger partial charge on any atom is -0.361 e. The minimum atomic E-state index is -3.36. The van der Waals surface area contributed by atoms with Crippen LogP contribution in [0, 0.1) is 0 Å². The van der Waals surface area contributed by atoms with Crippen LogP contribution in [0.5, 0.6) is 0 Å². The van der Waals surface area contributed by atoms with Crippen LogP contribution in [0.25, 0.3) is 11.2 Å². The third-order valence-electron chi connectivity index (χ3n) is 5.26. The van der Waals surface area contributed by atoms with Gasteiger partial charge < -0.3 is 5.32 Å². The van der Waals surface area contributed by atoms with Gasteiger partial charge in [-0.05, 0) is 43.0 Å². The van der Waals surface area contributed by atoms with E-state index in [1.807, 2.05) is 26.8 Å². The summed E-state index contributed by atoms with van der Waals surface area (Å²) in [6, 6.07) is 4.92.